The number of methoxy groups -OCH3 is 1. The Morgan fingerprint density at radius 2 is 1.94 bits per heavy atom. The summed E-state index contributed by atoms with van der Waals surface area (Å²) in [5.41, 5.74) is 6.79. The number of carbonyl (C=O) groups excluding carboxylic acids is 4. The summed E-state index contributed by atoms with van der Waals surface area (Å²) in [4.78, 5) is 51.6. The molecule has 1 aromatic carbocycles. The number of nitrogens with one attached hydrogen (secondary N) is 3. The van der Waals surface area contributed by atoms with Crippen molar-refractivity contribution >= 4 is 29.4 Å². The van der Waals surface area contributed by atoms with Gasteiger partial charge >= 0.3 is 6.03 Å². The first kappa shape index (κ1) is 26.7. The Morgan fingerprint density at radius 3 is 2.53 bits per heavy atom. The van der Waals surface area contributed by atoms with E-state index in [0.717, 1.165) is 5.57 Å². The third kappa shape index (κ3) is 7.79. The van der Waals surface area contributed by atoms with Crippen molar-refractivity contribution in [3.05, 3.63) is 35.9 Å². The predicted molar refractivity (Wildman–Crippen MR) is 129 cm³/mol. The standard InChI is InChI=1S/C24H35N5O5/c1-14(2)9-19(22(25)31)28-23(32)20-12-17(13-29(20)21(30)10-15(3)4)27-24(33)26-16-7-6-8-18(11-16)34-5/h6-8,10-11,14,17,19-20H,9,12-13H2,1-5H3,(H2,25,31)(H,28,32)(H2,26,27,33)/t17-,19-,20+/m0/s1. The molecule has 10 nitrogen and oxygen atoms in total. The maximum absolute atomic E-state index is 13.1. The van der Waals surface area contributed by atoms with Gasteiger partial charge in [0.15, 0.2) is 0 Å². The molecule has 0 radical (unpaired) electrons. The number of carbonyl (C=O) groups is 4. The Bertz CT molecular complexity index is 941. The van der Waals surface area contributed by atoms with Crippen molar-refractivity contribution < 1.29 is 23.9 Å². The fraction of sp³-hybridized carbons (Fsp3) is 0.500. The van der Waals surface area contributed by atoms with Crippen LogP contribution in [0, 0.1) is 5.92 Å². The van der Waals surface area contributed by atoms with Crippen molar-refractivity contribution in [3.8, 4) is 5.75 Å². The zero-order chi connectivity index (χ0) is 25.4. The normalized spacial score (nSPS) is 18.1. The molecule has 1 aliphatic rings. The Kier molecular flexibility index (Phi) is 9.47. The number of urea groups is 1. The number of anilines is 1. The summed E-state index contributed by atoms with van der Waals surface area (Å²) in [5.74, 6) is -0.706. The number of likely N-dealkylation sites (tertiary alicyclic amines) is 1. The van der Waals surface area contributed by atoms with E-state index in [4.69, 9.17) is 10.5 Å². The van der Waals surface area contributed by atoms with Crippen molar-refractivity contribution in [2.45, 2.75) is 58.7 Å². The number of nitrogens with two attached hydrogens (primary N) is 1. The topological polar surface area (TPSA) is 143 Å². The second-order valence-electron chi connectivity index (χ2n) is 9.08. The number of amides is 5. The number of primary amides is 1. The number of benzene rings is 1. The highest BCUT2D eigenvalue weighted by Crippen LogP contribution is 2.21. The van der Waals surface area contributed by atoms with E-state index in [-0.39, 0.29) is 24.8 Å². The molecule has 0 spiro atoms. The molecular formula is C24H35N5O5. The van der Waals surface area contributed by atoms with Gasteiger partial charge in [0.05, 0.1) is 13.2 Å². The highest BCUT2D eigenvalue weighted by atomic mass is 16.5. The van der Waals surface area contributed by atoms with Crippen molar-refractivity contribution in [2.24, 2.45) is 11.7 Å². The number of allylic oxidation sites excluding steroid dienone is 1. The SMILES string of the molecule is COc1cccc(NC(=O)N[C@H]2C[C@H](C(=O)N[C@@H](CC(C)C)C(N)=O)N(C(=O)C=C(C)C)C2)c1. The Morgan fingerprint density at radius 1 is 1.24 bits per heavy atom. The van der Waals surface area contributed by atoms with Gasteiger partial charge in [-0.2, -0.15) is 0 Å². The first-order valence-electron chi connectivity index (χ1n) is 11.3. The Hall–Kier alpha value is -3.56. The maximum atomic E-state index is 13.1. The van der Waals surface area contributed by atoms with E-state index in [1.165, 1.54) is 18.1 Å². The fourth-order valence-electron chi connectivity index (χ4n) is 3.80. The van der Waals surface area contributed by atoms with Gasteiger partial charge in [-0.05, 0) is 44.7 Å². The van der Waals surface area contributed by atoms with Crippen LogP contribution in [-0.4, -0.2) is 60.4 Å². The van der Waals surface area contributed by atoms with Gasteiger partial charge in [0.1, 0.15) is 17.8 Å². The lowest BCUT2D eigenvalue weighted by Gasteiger charge is -2.25. The third-order valence-corrected chi connectivity index (χ3v) is 5.33. The van der Waals surface area contributed by atoms with E-state index in [2.05, 4.69) is 16.0 Å². The molecule has 1 saturated heterocycles. The minimum Gasteiger partial charge on any atom is -0.497 e. The molecule has 1 aliphatic heterocycles. The molecule has 0 saturated carbocycles. The molecule has 0 bridgehead atoms. The molecule has 1 aromatic rings. The van der Waals surface area contributed by atoms with Crippen LogP contribution in [0.5, 0.6) is 5.75 Å². The number of nitrogens with zero attached hydrogens (tertiary/aromatic N) is 1. The van der Waals surface area contributed by atoms with E-state index in [9.17, 15) is 19.2 Å². The molecule has 5 N–H and O–H groups in total. The molecule has 1 fully saturated rings. The lowest BCUT2D eigenvalue weighted by atomic mass is 10.0. The molecule has 1 heterocycles. The van der Waals surface area contributed by atoms with Crippen molar-refractivity contribution in [1.29, 1.82) is 0 Å². The average molecular weight is 474 g/mol. The van der Waals surface area contributed by atoms with Crippen molar-refractivity contribution in [3.63, 3.8) is 0 Å². The van der Waals surface area contributed by atoms with E-state index >= 15 is 0 Å². The number of hydrogen-bond donors (Lipinski definition) is 4. The van der Waals surface area contributed by atoms with Crippen molar-refractivity contribution in [2.75, 3.05) is 19.0 Å². The van der Waals surface area contributed by atoms with Gasteiger partial charge in [-0.1, -0.05) is 25.5 Å². The lowest BCUT2D eigenvalue weighted by molar-refractivity contribution is -0.136. The van der Waals surface area contributed by atoms with Gasteiger partial charge in [0, 0.05) is 24.4 Å². The number of rotatable bonds is 9. The molecule has 186 valence electrons. The van der Waals surface area contributed by atoms with Crippen LogP contribution in [0.3, 0.4) is 0 Å². The van der Waals surface area contributed by atoms with Crippen LogP contribution in [0.4, 0.5) is 10.5 Å². The van der Waals surface area contributed by atoms with Gasteiger partial charge in [-0.3, -0.25) is 14.4 Å². The molecule has 0 aromatic heterocycles. The average Bonchev–Trinajstić information content (AvgIpc) is 3.16. The molecule has 34 heavy (non-hydrogen) atoms. The van der Waals surface area contributed by atoms with Gasteiger partial charge in [-0.15, -0.1) is 0 Å². The molecule has 5 amide bonds. The van der Waals surface area contributed by atoms with Crippen LogP contribution in [-0.2, 0) is 14.4 Å². The predicted octanol–water partition coefficient (Wildman–Crippen LogP) is 1.77. The minimum atomic E-state index is -0.848. The number of hydrogen-bond acceptors (Lipinski definition) is 5. The van der Waals surface area contributed by atoms with Crippen LogP contribution in [0.1, 0.15) is 40.5 Å². The monoisotopic (exact) mass is 473 g/mol. The van der Waals surface area contributed by atoms with Crippen molar-refractivity contribution in [1.82, 2.24) is 15.5 Å². The molecule has 0 unspecified atom stereocenters. The third-order valence-electron chi connectivity index (χ3n) is 5.33. The molecular weight excluding hydrogens is 438 g/mol. The summed E-state index contributed by atoms with van der Waals surface area (Å²) in [6.07, 6.45) is 2.03. The lowest BCUT2D eigenvalue weighted by Crippen LogP contribution is -2.52. The summed E-state index contributed by atoms with van der Waals surface area (Å²) in [6.45, 7) is 7.56. The number of ether oxygens (including phenoxy) is 1. The van der Waals surface area contributed by atoms with Crippen LogP contribution < -0.4 is 26.4 Å². The summed E-state index contributed by atoms with van der Waals surface area (Å²) >= 11 is 0. The van der Waals surface area contributed by atoms with E-state index in [1.54, 1.807) is 38.1 Å². The van der Waals surface area contributed by atoms with Crippen LogP contribution in [0.25, 0.3) is 0 Å². The summed E-state index contributed by atoms with van der Waals surface area (Å²) in [7, 11) is 1.53. The van der Waals surface area contributed by atoms with Gasteiger partial charge < -0.3 is 31.3 Å². The van der Waals surface area contributed by atoms with Gasteiger partial charge in [-0.25, -0.2) is 4.79 Å². The first-order valence-corrected chi connectivity index (χ1v) is 11.3. The van der Waals surface area contributed by atoms with Gasteiger partial charge in [0.2, 0.25) is 17.7 Å². The molecule has 2 rings (SSSR count). The summed E-state index contributed by atoms with van der Waals surface area (Å²) in [6, 6.07) is 4.28. The maximum Gasteiger partial charge on any atom is 0.319 e. The Labute approximate surface area is 200 Å². The largest absolute Gasteiger partial charge is 0.497 e. The van der Waals surface area contributed by atoms with Gasteiger partial charge in [0.25, 0.3) is 0 Å². The fourth-order valence-corrected chi connectivity index (χ4v) is 3.80. The Balaban J connectivity index is 2.13. The molecule has 10 heteroatoms. The zero-order valence-electron chi connectivity index (χ0n) is 20.4. The molecule has 3 atom stereocenters. The van der Waals surface area contributed by atoms with E-state index in [1.807, 2.05) is 13.8 Å². The first-order chi connectivity index (χ1) is 16.0. The molecule has 0 aliphatic carbocycles. The zero-order valence-corrected chi connectivity index (χ0v) is 20.4. The second kappa shape index (κ2) is 12.1. The van der Waals surface area contributed by atoms with Crippen LogP contribution in [0.2, 0.25) is 0 Å². The highest BCUT2D eigenvalue weighted by Gasteiger charge is 2.40. The van der Waals surface area contributed by atoms with E-state index < -0.39 is 36.0 Å². The van der Waals surface area contributed by atoms with Crippen LogP contribution >= 0.6 is 0 Å². The van der Waals surface area contributed by atoms with E-state index in [0.29, 0.717) is 17.9 Å². The quantitative estimate of drug-likeness (QED) is 0.404. The second-order valence-corrected chi connectivity index (χ2v) is 9.08. The minimum absolute atomic E-state index is 0.138. The summed E-state index contributed by atoms with van der Waals surface area (Å²) < 4.78 is 5.16. The smallest absolute Gasteiger partial charge is 0.319 e. The highest BCUT2D eigenvalue weighted by molar-refractivity contribution is 5.96. The summed E-state index contributed by atoms with van der Waals surface area (Å²) in [5, 5.41) is 8.23. The van der Waals surface area contributed by atoms with Crippen LogP contribution in [0.15, 0.2) is 35.9 Å².